The quantitative estimate of drug-likeness (QED) is 0.851. The van der Waals surface area contributed by atoms with Gasteiger partial charge >= 0.3 is 6.18 Å². The Hall–Kier alpha value is -2.20. The van der Waals surface area contributed by atoms with Gasteiger partial charge in [0.25, 0.3) is 10.0 Å². The Labute approximate surface area is 136 Å². The molecular weight excluding hydrogens is 347 g/mol. The highest BCUT2D eigenvalue weighted by Gasteiger charge is 2.36. The normalized spacial score (nSPS) is 12.2. The van der Waals surface area contributed by atoms with Crippen molar-refractivity contribution in [3.8, 4) is 0 Å². The zero-order valence-corrected chi connectivity index (χ0v) is 13.3. The minimum Gasteiger partial charge on any atom is -0.396 e. The SMILES string of the molecule is Cc1ccc(S(=O)(=O)Nc2ncc(CCO)c(C(F)(F)F)n2)cc1. The number of alkyl halides is 3. The molecule has 0 saturated carbocycles. The molecule has 1 heterocycles. The van der Waals surface area contributed by atoms with E-state index in [1.807, 2.05) is 4.72 Å². The molecule has 0 aliphatic rings. The summed E-state index contributed by atoms with van der Waals surface area (Å²) in [4.78, 5) is 6.72. The van der Waals surface area contributed by atoms with Crippen LogP contribution >= 0.6 is 0 Å². The molecule has 2 N–H and O–H groups in total. The van der Waals surface area contributed by atoms with E-state index in [9.17, 15) is 21.6 Å². The molecule has 6 nitrogen and oxygen atoms in total. The number of nitrogens with zero attached hydrogens (tertiary/aromatic N) is 2. The zero-order chi connectivity index (χ0) is 18.0. The van der Waals surface area contributed by atoms with Crippen LogP contribution < -0.4 is 4.72 Å². The van der Waals surface area contributed by atoms with Gasteiger partial charge in [0.2, 0.25) is 5.95 Å². The third-order valence-electron chi connectivity index (χ3n) is 3.07. The Morgan fingerprint density at radius 2 is 1.83 bits per heavy atom. The molecule has 130 valence electrons. The van der Waals surface area contributed by atoms with Crippen LogP contribution in [0.2, 0.25) is 0 Å². The molecule has 1 aromatic heterocycles. The predicted molar refractivity (Wildman–Crippen MR) is 79.8 cm³/mol. The Bertz CT molecular complexity index is 821. The summed E-state index contributed by atoms with van der Waals surface area (Å²) in [5.41, 5.74) is -0.769. The molecular formula is C14H14F3N3O3S. The summed E-state index contributed by atoms with van der Waals surface area (Å²) in [6.45, 7) is 1.25. The lowest BCUT2D eigenvalue weighted by Gasteiger charge is -2.13. The molecule has 24 heavy (non-hydrogen) atoms. The molecule has 2 rings (SSSR count). The summed E-state index contributed by atoms with van der Waals surface area (Å²) >= 11 is 0. The number of rotatable bonds is 5. The molecule has 0 aliphatic heterocycles. The first-order valence-corrected chi connectivity index (χ1v) is 8.25. The predicted octanol–water partition coefficient (Wildman–Crippen LogP) is 2.14. The fourth-order valence-corrected chi connectivity index (χ4v) is 2.85. The molecule has 1 aromatic carbocycles. The number of benzene rings is 1. The van der Waals surface area contributed by atoms with Gasteiger partial charge in [-0.05, 0) is 25.5 Å². The molecule has 0 fully saturated rings. The lowest BCUT2D eigenvalue weighted by atomic mass is 10.1. The third kappa shape index (κ3) is 4.20. The van der Waals surface area contributed by atoms with Crippen LogP contribution in [0.5, 0.6) is 0 Å². The number of hydrogen-bond acceptors (Lipinski definition) is 5. The van der Waals surface area contributed by atoms with Crippen molar-refractivity contribution in [1.82, 2.24) is 9.97 Å². The van der Waals surface area contributed by atoms with Crippen LogP contribution in [0.1, 0.15) is 16.8 Å². The number of sulfonamides is 1. The minimum atomic E-state index is -4.79. The minimum absolute atomic E-state index is 0.121. The van der Waals surface area contributed by atoms with Crippen LogP contribution in [0.15, 0.2) is 35.4 Å². The Morgan fingerprint density at radius 3 is 2.38 bits per heavy atom. The molecule has 10 heteroatoms. The van der Waals surface area contributed by atoms with Gasteiger partial charge in [-0.3, -0.25) is 0 Å². The standard InChI is InChI=1S/C14H14F3N3O3S/c1-9-2-4-11(5-3-9)24(22,23)20-13-18-8-10(6-7-21)12(19-13)14(15,16)17/h2-5,8,21H,6-7H2,1H3,(H,18,19,20). The van der Waals surface area contributed by atoms with Crippen LogP contribution in [0, 0.1) is 6.92 Å². The van der Waals surface area contributed by atoms with E-state index in [0.717, 1.165) is 11.8 Å². The average molecular weight is 361 g/mol. The molecule has 0 aliphatic carbocycles. The second-order valence-corrected chi connectivity index (χ2v) is 6.64. The van der Waals surface area contributed by atoms with Crippen molar-refractivity contribution in [2.75, 3.05) is 11.3 Å². The number of anilines is 1. The summed E-state index contributed by atoms with van der Waals surface area (Å²) in [5.74, 6) is -0.690. The van der Waals surface area contributed by atoms with Gasteiger partial charge in [0.15, 0.2) is 5.69 Å². The Morgan fingerprint density at radius 1 is 1.21 bits per heavy atom. The highest BCUT2D eigenvalue weighted by molar-refractivity contribution is 7.92. The van der Waals surface area contributed by atoms with Crippen molar-refractivity contribution in [1.29, 1.82) is 0 Å². The lowest BCUT2D eigenvalue weighted by Crippen LogP contribution is -2.19. The fraction of sp³-hybridized carbons (Fsp3) is 0.286. The highest BCUT2D eigenvalue weighted by Crippen LogP contribution is 2.31. The molecule has 0 atom stereocenters. The summed E-state index contributed by atoms with van der Waals surface area (Å²) in [6, 6.07) is 5.76. The molecule has 0 spiro atoms. The molecule has 0 saturated heterocycles. The van der Waals surface area contributed by atoms with Gasteiger partial charge in [-0.15, -0.1) is 0 Å². The topological polar surface area (TPSA) is 92.2 Å². The van der Waals surface area contributed by atoms with Gasteiger partial charge in [0.1, 0.15) is 0 Å². The number of aliphatic hydroxyl groups excluding tert-OH is 1. The van der Waals surface area contributed by atoms with Crippen LogP contribution in [0.4, 0.5) is 19.1 Å². The van der Waals surface area contributed by atoms with E-state index >= 15 is 0 Å². The lowest BCUT2D eigenvalue weighted by molar-refractivity contribution is -0.141. The van der Waals surface area contributed by atoms with E-state index < -0.39 is 34.4 Å². The van der Waals surface area contributed by atoms with Crippen molar-refractivity contribution in [3.63, 3.8) is 0 Å². The second-order valence-electron chi connectivity index (χ2n) is 4.96. The maximum atomic E-state index is 13.0. The maximum absolute atomic E-state index is 13.0. The Kier molecular flexibility index (Phi) is 5.09. The molecule has 0 bridgehead atoms. The number of halogens is 3. The number of aromatic nitrogens is 2. The van der Waals surface area contributed by atoms with Crippen LogP contribution in [-0.2, 0) is 22.6 Å². The number of nitrogens with one attached hydrogen (secondary N) is 1. The summed E-state index contributed by atoms with van der Waals surface area (Å²) in [6.07, 6.45) is -4.24. The van der Waals surface area contributed by atoms with E-state index in [0.29, 0.717) is 0 Å². The van der Waals surface area contributed by atoms with E-state index in [1.54, 1.807) is 19.1 Å². The number of hydrogen-bond donors (Lipinski definition) is 2. The zero-order valence-electron chi connectivity index (χ0n) is 12.5. The third-order valence-corrected chi connectivity index (χ3v) is 4.42. The van der Waals surface area contributed by atoms with Crippen molar-refractivity contribution in [2.24, 2.45) is 0 Å². The number of aryl methyl sites for hydroxylation is 1. The monoisotopic (exact) mass is 361 g/mol. The summed E-state index contributed by atoms with van der Waals surface area (Å²) in [5, 5.41) is 8.80. The first kappa shape index (κ1) is 18.1. The van der Waals surface area contributed by atoms with Gasteiger partial charge in [-0.2, -0.15) is 13.2 Å². The van der Waals surface area contributed by atoms with Gasteiger partial charge in [-0.1, -0.05) is 17.7 Å². The van der Waals surface area contributed by atoms with Gasteiger partial charge in [0.05, 0.1) is 4.90 Å². The van der Waals surface area contributed by atoms with Crippen molar-refractivity contribution in [2.45, 2.75) is 24.4 Å². The van der Waals surface area contributed by atoms with Crippen molar-refractivity contribution in [3.05, 3.63) is 47.3 Å². The van der Waals surface area contributed by atoms with Crippen LogP contribution in [-0.4, -0.2) is 30.1 Å². The van der Waals surface area contributed by atoms with Crippen molar-refractivity contribution >= 4 is 16.0 Å². The molecule has 0 unspecified atom stereocenters. The first-order chi connectivity index (χ1) is 11.1. The van der Waals surface area contributed by atoms with Gasteiger partial charge in [-0.25, -0.2) is 23.1 Å². The largest absolute Gasteiger partial charge is 0.433 e. The molecule has 2 aromatic rings. The Balaban J connectivity index is 2.37. The number of aliphatic hydroxyl groups is 1. The average Bonchev–Trinajstić information content (AvgIpc) is 2.48. The van der Waals surface area contributed by atoms with E-state index in [2.05, 4.69) is 9.97 Å². The van der Waals surface area contributed by atoms with E-state index in [-0.39, 0.29) is 16.9 Å². The van der Waals surface area contributed by atoms with Crippen LogP contribution in [0.3, 0.4) is 0 Å². The van der Waals surface area contributed by atoms with E-state index in [4.69, 9.17) is 5.11 Å². The molecule has 0 amide bonds. The maximum Gasteiger partial charge on any atom is 0.433 e. The second kappa shape index (κ2) is 6.73. The van der Waals surface area contributed by atoms with Gasteiger partial charge < -0.3 is 5.11 Å². The van der Waals surface area contributed by atoms with Crippen LogP contribution in [0.25, 0.3) is 0 Å². The molecule has 0 radical (unpaired) electrons. The highest BCUT2D eigenvalue weighted by atomic mass is 32.2. The van der Waals surface area contributed by atoms with Gasteiger partial charge in [0, 0.05) is 18.4 Å². The summed E-state index contributed by atoms with van der Waals surface area (Å²) in [7, 11) is -4.11. The smallest absolute Gasteiger partial charge is 0.396 e. The van der Waals surface area contributed by atoms with Crippen molar-refractivity contribution < 1.29 is 26.7 Å². The fourth-order valence-electron chi connectivity index (χ4n) is 1.90. The van der Waals surface area contributed by atoms with E-state index in [1.165, 1.54) is 12.1 Å². The summed E-state index contributed by atoms with van der Waals surface area (Å²) < 4.78 is 65.3. The first-order valence-electron chi connectivity index (χ1n) is 6.77.